The first-order chi connectivity index (χ1) is 12.1. The summed E-state index contributed by atoms with van der Waals surface area (Å²) in [4.78, 5) is 26.3. The highest BCUT2D eigenvalue weighted by Crippen LogP contribution is 2.26. The first-order valence-corrected chi connectivity index (χ1v) is 8.06. The van der Waals surface area contributed by atoms with Crippen LogP contribution in [0.5, 0.6) is 0 Å². The highest BCUT2D eigenvalue weighted by atomic mass is 16.5. The van der Waals surface area contributed by atoms with Crippen LogP contribution in [0.2, 0.25) is 0 Å². The fraction of sp³-hybridized carbons (Fsp3) is 0.412. The molecule has 0 saturated carbocycles. The Balaban J connectivity index is 1.72. The zero-order valence-corrected chi connectivity index (χ0v) is 13.6. The van der Waals surface area contributed by atoms with Crippen LogP contribution in [0.15, 0.2) is 46.1 Å². The van der Waals surface area contributed by atoms with Gasteiger partial charge in [-0.1, -0.05) is 30.3 Å². The van der Waals surface area contributed by atoms with Crippen molar-refractivity contribution in [2.75, 3.05) is 6.61 Å². The van der Waals surface area contributed by atoms with Crippen LogP contribution in [-0.4, -0.2) is 33.4 Å². The molecule has 1 fully saturated rings. The molecular formula is C17H21N3O5. The van der Waals surface area contributed by atoms with E-state index in [0.717, 1.165) is 5.56 Å². The lowest BCUT2D eigenvalue weighted by Crippen LogP contribution is -2.34. The SMILES string of the molecule is N[C@H]1C[C@@H](n2cc(COCc3ccccc3)c(=O)[nH]c2=O)O[C@@H]1CO. The van der Waals surface area contributed by atoms with Crippen LogP contribution in [0.25, 0.3) is 0 Å². The first-order valence-electron chi connectivity index (χ1n) is 8.06. The minimum Gasteiger partial charge on any atom is -0.394 e. The van der Waals surface area contributed by atoms with Gasteiger partial charge >= 0.3 is 5.69 Å². The quantitative estimate of drug-likeness (QED) is 0.669. The second-order valence-electron chi connectivity index (χ2n) is 6.01. The van der Waals surface area contributed by atoms with Gasteiger partial charge in [-0.3, -0.25) is 14.3 Å². The lowest BCUT2D eigenvalue weighted by atomic mass is 10.1. The Bertz CT molecular complexity index is 817. The lowest BCUT2D eigenvalue weighted by Gasteiger charge is -2.15. The van der Waals surface area contributed by atoms with E-state index in [4.69, 9.17) is 15.2 Å². The van der Waals surface area contributed by atoms with Gasteiger partial charge in [-0.15, -0.1) is 0 Å². The number of nitrogens with two attached hydrogens (primary N) is 1. The van der Waals surface area contributed by atoms with Gasteiger partial charge in [0, 0.05) is 18.7 Å². The first kappa shape index (κ1) is 17.6. The van der Waals surface area contributed by atoms with Crippen LogP contribution in [0, 0.1) is 0 Å². The maximum absolute atomic E-state index is 12.1. The van der Waals surface area contributed by atoms with E-state index in [0.29, 0.717) is 18.6 Å². The second kappa shape index (κ2) is 7.75. The van der Waals surface area contributed by atoms with Gasteiger partial charge in [0.25, 0.3) is 5.56 Å². The molecule has 2 aromatic rings. The number of H-pyrrole nitrogens is 1. The molecule has 134 valence electrons. The third-order valence-corrected chi connectivity index (χ3v) is 4.18. The van der Waals surface area contributed by atoms with Gasteiger partial charge in [-0.2, -0.15) is 0 Å². The van der Waals surface area contributed by atoms with Gasteiger partial charge in [0.2, 0.25) is 0 Å². The number of ether oxygens (including phenoxy) is 2. The van der Waals surface area contributed by atoms with Crippen molar-refractivity contribution in [3.05, 3.63) is 68.5 Å². The zero-order valence-electron chi connectivity index (χ0n) is 13.6. The zero-order chi connectivity index (χ0) is 17.8. The monoisotopic (exact) mass is 347 g/mol. The van der Waals surface area contributed by atoms with E-state index in [9.17, 15) is 14.7 Å². The van der Waals surface area contributed by atoms with Crippen LogP contribution in [0.3, 0.4) is 0 Å². The third-order valence-electron chi connectivity index (χ3n) is 4.18. The number of aliphatic hydroxyl groups excluding tert-OH is 1. The number of benzene rings is 1. The Morgan fingerprint density at radius 3 is 2.72 bits per heavy atom. The van der Waals surface area contributed by atoms with Crippen molar-refractivity contribution >= 4 is 0 Å². The van der Waals surface area contributed by atoms with Gasteiger partial charge in [-0.25, -0.2) is 4.79 Å². The summed E-state index contributed by atoms with van der Waals surface area (Å²) < 4.78 is 12.4. The Kier molecular flexibility index (Phi) is 5.44. The number of hydrogen-bond donors (Lipinski definition) is 3. The fourth-order valence-corrected chi connectivity index (χ4v) is 2.80. The average molecular weight is 347 g/mol. The maximum Gasteiger partial charge on any atom is 0.330 e. The standard InChI is InChI=1S/C17H21N3O5/c18-13-6-15(25-14(13)8-21)20-7-12(16(22)19-17(20)23)10-24-9-11-4-2-1-3-5-11/h1-5,7,13-15,21H,6,8-10,18H2,(H,19,22,23)/t13-,14+,15-/m0/s1. The predicted molar refractivity (Wildman–Crippen MR) is 89.8 cm³/mol. The Hall–Kier alpha value is -2.26. The third kappa shape index (κ3) is 4.05. The molecule has 4 N–H and O–H groups in total. The lowest BCUT2D eigenvalue weighted by molar-refractivity contribution is -0.0274. The number of rotatable bonds is 6. The van der Waals surface area contributed by atoms with Crippen LogP contribution in [-0.2, 0) is 22.7 Å². The van der Waals surface area contributed by atoms with Crippen molar-refractivity contribution in [2.45, 2.75) is 38.0 Å². The van der Waals surface area contributed by atoms with E-state index in [1.54, 1.807) is 0 Å². The van der Waals surface area contributed by atoms with Crippen LogP contribution in [0.4, 0.5) is 0 Å². The van der Waals surface area contributed by atoms with Crippen molar-refractivity contribution in [3.63, 3.8) is 0 Å². The number of nitrogens with one attached hydrogen (secondary N) is 1. The van der Waals surface area contributed by atoms with Gasteiger partial charge in [0.05, 0.1) is 31.5 Å². The molecule has 0 bridgehead atoms. The molecule has 8 nitrogen and oxygen atoms in total. The molecule has 1 aliphatic rings. The molecule has 1 aliphatic heterocycles. The number of aliphatic hydroxyl groups is 1. The number of hydrogen-bond acceptors (Lipinski definition) is 6. The Labute approximate surface area is 143 Å². The van der Waals surface area contributed by atoms with Crippen molar-refractivity contribution in [3.8, 4) is 0 Å². The number of aromatic nitrogens is 2. The van der Waals surface area contributed by atoms with E-state index in [1.807, 2.05) is 30.3 Å². The van der Waals surface area contributed by atoms with Gasteiger partial charge < -0.3 is 20.3 Å². The van der Waals surface area contributed by atoms with E-state index in [1.165, 1.54) is 10.8 Å². The largest absolute Gasteiger partial charge is 0.394 e. The van der Waals surface area contributed by atoms with Gasteiger partial charge in [0.1, 0.15) is 6.23 Å². The molecule has 25 heavy (non-hydrogen) atoms. The second-order valence-corrected chi connectivity index (χ2v) is 6.01. The molecule has 0 unspecified atom stereocenters. The summed E-state index contributed by atoms with van der Waals surface area (Å²) in [5, 5.41) is 9.22. The topological polar surface area (TPSA) is 120 Å². The molecule has 0 amide bonds. The number of aromatic amines is 1. The molecular weight excluding hydrogens is 326 g/mol. The molecule has 0 aliphatic carbocycles. The summed E-state index contributed by atoms with van der Waals surface area (Å²) in [6, 6.07) is 9.21. The molecule has 0 radical (unpaired) electrons. The van der Waals surface area contributed by atoms with Crippen molar-refractivity contribution in [2.24, 2.45) is 5.73 Å². The molecule has 3 rings (SSSR count). The summed E-state index contributed by atoms with van der Waals surface area (Å²) in [6.45, 7) is 0.201. The molecule has 8 heteroatoms. The molecule has 2 heterocycles. The summed E-state index contributed by atoms with van der Waals surface area (Å²) in [5.74, 6) is 0. The maximum atomic E-state index is 12.1. The minimum atomic E-state index is -0.621. The highest BCUT2D eigenvalue weighted by molar-refractivity contribution is 5.13. The van der Waals surface area contributed by atoms with Crippen molar-refractivity contribution in [1.29, 1.82) is 0 Å². The fourth-order valence-electron chi connectivity index (χ4n) is 2.80. The highest BCUT2D eigenvalue weighted by Gasteiger charge is 2.34. The molecule has 1 aromatic carbocycles. The van der Waals surface area contributed by atoms with Crippen molar-refractivity contribution in [1.82, 2.24) is 9.55 Å². The summed E-state index contributed by atoms with van der Waals surface area (Å²) in [5.41, 5.74) is 6.12. The molecule has 1 saturated heterocycles. The summed E-state index contributed by atoms with van der Waals surface area (Å²) in [6.07, 6.45) is 0.663. The molecule has 3 atom stereocenters. The molecule has 0 spiro atoms. The summed E-state index contributed by atoms with van der Waals surface area (Å²) in [7, 11) is 0. The van der Waals surface area contributed by atoms with Crippen molar-refractivity contribution < 1.29 is 14.6 Å². The van der Waals surface area contributed by atoms with E-state index >= 15 is 0 Å². The van der Waals surface area contributed by atoms with Gasteiger partial charge in [0.15, 0.2) is 0 Å². The summed E-state index contributed by atoms with van der Waals surface area (Å²) >= 11 is 0. The van der Waals surface area contributed by atoms with E-state index in [2.05, 4.69) is 4.98 Å². The Morgan fingerprint density at radius 1 is 1.28 bits per heavy atom. The van der Waals surface area contributed by atoms with Crippen LogP contribution >= 0.6 is 0 Å². The normalized spacial score (nSPS) is 23.0. The average Bonchev–Trinajstić information content (AvgIpc) is 2.98. The smallest absolute Gasteiger partial charge is 0.330 e. The van der Waals surface area contributed by atoms with E-state index in [-0.39, 0.29) is 19.3 Å². The number of nitrogens with zero attached hydrogens (tertiary/aromatic N) is 1. The van der Waals surface area contributed by atoms with Gasteiger partial charge in [-0.05, 0) is 5.56 Å². The van der Waals surface area contributed by atoms with E-state index < -0.39 is 23.6 Å². The Morgan fingerprint density at radius 2 is 2.04 bits per heavy atom. The van der Waals surface area contributed by atoms with Crippen LogP contribution < -0.4 is 17.0 Å². The predicted octanol–water partition coefficient (Wildman–Crippen LogP) is -0.140. The minimum absolute atomic E-state index is 0.0622. The molecule has 1 aromatic heterocycles. The van der Waals surface area contributed by atoms with Crippen LogP contribution in [0.1, 0.15) is 23.8 Å².